The Morgan fingerprint density at radius 3 is 2.50 bits per heavy atom. The number of nitrogens with zero attached hydrogens (tertiary/aromatic N) is 1. The van der Waals surface area contributed by atoms with Gasteiger partial charge in [-0.25, -0.2) is 13.1 Å². The topological polar surface area (TPSA) is 49.4 Å². The molecule has 1 aliphatic rings. The third-order valence-electron chi connectivity index (χ3n) is 5.27. The first-order valence-corrected chi connectivity index (χ1v) is 11.8. The minimum atomic E-state index is -3.53. The summed E-state index contributed by atoms with van der Waals surface area (Å²) in [6, 6.07) is 19.6. The molecule has 1 aromatic heterocycles. The average Bonchev–Trinajstić information content (AvgIpc) is 3.23. The van der Waals surface area contributed by atoms with Crippen LogP contribution in [0.4, 0.5) is 0 Å². The molecule has 0 saturated heterocycles. The molecule has 3 aromatic rings. The second-order valence-corrected chi connectivity index (χ2v) is 9.93. The Hall–Kier alpha value is -1.99. The maximum absolute atomic E-state index is 12.8. The van der Waals surface area contributed by atoms with E-state index in [1.165, 1.54) is 16.0 Å². The van der Waals surface area contributed by atoms with Gasteiger partial charge < -0.3 is 0 Å². The second-order valence-electron chi connectivity index (χ2n) is 7.19. The Labute approximate surface area is 170 Å². The zero-order chi connectivity index (χ0) is 19.6. The molecule has 6 heteroatoms. The first-order chi connectivity index (χ1) is 13.5. The van der Waals surface area contributed by atoms with Crippen LogP contribution >= 0.6 is 11.3 Å². The lowest BCUT2D eigenvalue weighted by Crippen LogP contribution is -2.40. The van der Waals surface area contributed by atoms with Crippen LogP contribution in [-0.2, 0) is 23.0 Å². The molecular weight excluding hydrogens is 388 g/mol. The van der Waals surface area contributed by atoms with Crippen LogP contribution < -0.4 is 4.72 Å². The van der Waals surface area contributed by atoms with E-state index in [2.05, 4.69) is 45.3 Å². The molecule has 1 aliphatic heterocycles. The van der Waals surface area contributed by atoms with Crippen LogP contribution in [0.3, 0.4) is 0 Å². The lowest BCUT2D eigenvalue weighted by molar-refractivity contribution is 0.183. The van der Waals surface area contributed by atoms with Gasteiger partial charge in [0.05, 0.1) is 10.9 Å². The lowest BCUT2D eigenvalue weighted by atomic mass is 9.98. The van der Waals surface area contributed by atoms with E-state index in [0.29, 0.717) is 11.4 Å². The molecule has 2 aromatic carbocycles. The fourth-order valence-corrected chi connectivity index (χ4v) is 5.56. The summed E-state index contributed by atoms with van der Waals surface area (Å²) in [4.78, 5) is 3.88. The van der Waals surface area contributed by atoms with Crippen LogP contribution in [0.15, 0.2) is 70.9 Å². The molecule has 0 spiro atoms. The molecule has 1 atom stereocenters. The first-order valence-electron chi connectivity index (χ1n) is 9.43. The number of hydrogen-bond acceptors (Lipinski definition) is 4. The second kappa shape index (κ2) is 8.17. The minimum absolute atomic E-state index is 0.0218. The normalized spacial score (nSPS) is 15.9. The van der Waals surface area contributed by atoms with E-state index in [9.17, 15) is 8.42 Å². The maximum Gasteiger partial charge on any atom is 0.240 e. The van der Waals surface area contributed by atoms with Crippen molar-refractivity contribution in [3.8, 4) is 0 Å². The average molecular weight is 413 g/mol. The molecule has 0 bridgehead atoms. The summed E-state index contributed by atoms with van der Waals surface area (Å²) in [7, 11) is -3.53. The number of thiophene rings is 1. The molecule has 1 N–H and O–H groups in total. The van der Waals surface area contributed by atoms with E-state index < -0.39 is 10.0 Å². The Bertz CT molecular complexity index is 1030. The quantitative estimate of drug-likeness (QED) is 0.662. The zero-order valence-corrected chi connectivity index (χ0v) is 17.5. The molecule has 0 radical (unpaired) electrons. The summed E-state index contributed by atoms with van der Waals surface area (Å²) in [5.74, 6) is 0. The number of benzene rings is 2. The number of fused-ring (bicyclic) bond motifs is 1. The van der Waals surface area contributed by atoms with Crippen molar-refractivity contribution in [2.24, 2.45) is 0 Å². The van der Waals surface area contributed by atoms with Gasteiger partial charge in [-0.1, -0.05) is 48.0 Å². The summed E-state index contributed by atoms with van der Waals surface area (Å²) >= 11 is 1.68. The van der Waals surface area contributed by atoms with Crippen molar-refractivity contribution in [3.05, 3.63) is 87.6 Å². The molecule has 0 amide bonds. The third-order valence-corrected chi connectivity index (χ3v) is 7.68. The van der Waals surface area contributed by atoms with Crippen molar-refractivity contribution < 1.29 is 8.42 Å². The van der Waals surface area contributed by atoms with Crippen LogP contribution in [0.25, 0.3) is 0 Å². The van der Waals surface area contributed by atoms with Gasteiger partial charge in [0.2, 0.25) is 10.0 Å². The molecule has 4 nitrogen and oxygen atoms in total. The number of nitrogens with one attached hydrogen (secondary N) is 1. The Morgan fingerprint density at radius 2 is 1.79 bits per heavy atom. The number of rotatable bonds is 6. The van der Waals surface area contributed by atoms with Crippen molar-refractivity contribution in [3.63, 3.8) is 0 Å². The summed E-state index contributed by atoms with van der Waals surface area (Å²) in [5.41, 5.74) is 3.77. The smallest absolute Gasteiger partial charge is 0.240 e. The summed E-state index contributed by atoms with van der Waals surface area (Å²) in [5, 5.41) is 2.05. The van der Waals surface area contributed by atoms with Gasteiger partial charge >= 0.3 is 0 Å². The monoisotopic (exact) mass is 412 g/mol. The predicted octanol–water partition coefficient (Wildman–Crippen LogP) is 4.13. The number of sulfonamides is 1. The van der Waals surface area contributed by atoms with E-state index in [4.69, 9.17) is 0 Å². The standard InChI is InChI=1S/C22H24N2O2S2/c1-17-8-10-20(11-9-17)28(25,26)23-15-21(22-7-4-14-27-22)24-13-12-18-5-2-3-6-19(18)16-24/h2-11,14,21,23H,12-13,15-16H2,1H3/t21-/m1/s1. The maximum atomic E-state index is 12.8. The van der Waals surface area contributed by atoms with Crippen LogP contribution in [0, 0.1) is 6.92 Å². The minimum Gasteiger partial charge on any atom is -0.290 e. The van der Waals surface area contributed by atoms with Crippen LogP contribution in [0.2, 0.25) is 0 Å². The molecule has 146 valence electrons. The van der Waals surface area contributed by atoms with Gasteiger partial charge in [-0.15, -0.1) is 11.3 Å². The fraction of sp³-hybridized carbons (Fsp3) is 0.273. The van der Waals surface area contributed by atoms with Gasteiger partial charge in [0.15, 0.2) is 0 Å². The van der Waals surface area contributed by atoms with Crippen molar-refractivity contribution >= 4 is 21.4 Å². The molecule has 2 heterocycles. The molecule has 0 aliphatic carbocycles. The van der Waals surface area contributed by atoms with Crippen LogP contribution in [0.1, 0.15) is 27.6 Å². The summed E-state index contributed by atoms with van der Waals surface area (Å²) in [6.07, 6.45) is 0.989. The van der Waals surface area contributed by atoms with Crippen molar-refractivity contribution in [1.29, 1.82) is 0 Å². The lowest BCUT2D eigenvalue weighted by Gasteiger charge is -2.35. The summed E-state index contributed by atoms with van der Waals surface area (Å²) < 4.78 is 28.4. The molecular formula is C22H24N2O2S2. The van der Waals surface area contributed by atoms with Crippen molar-refractivity contribution in [1.82, 2.24) is 9.62 Å². The van der Waals surface area contributed by atoms with E-state index >= 15 is 0 Å². The largest absolute Gasteiger partial charge is 0.290 e. The van der Waals surface area contributed by atoms with E-state index in [1.54, 1.807) is 23.5 Å². The SMILES string of the molecule is Cc1ccc(S(=O)(=O)NC[C@H](c2cccs2)N2CCc3ccccc3C2)cc1. The first kappa shape index (κ1) is 19.3. The third kappa shape index (κ3) is 4.20. The Morgan fingerprint density at radius 1 is 1.04 bits per heavy atom. The van der Waals surface area contributed by atoms with E-state index in [-0.39, 0.29) is 6.04 Å². The number of hydrogen-bond donors (Lipinski definition) is 1. The molecule has 4 rings (SSSR count). The van der Waals surface area contributed by atoms with Gasteiger partial charge in [0.25, 0.3) is 0 Å². The highest BCUT2D eigenvalue weighted by Gasteiger charge is 2.27. The highest BCUT2D eigenvalue weighted by molar-refractivity contribution is 7.89. The summed E-state index contributed by atoms with van der Waals surface area (Å²) in [6.45, 7) is 4.07. The van der Waals surface area contributed by atoms with Gasteiger partial charge in [-0.2, -0.15) is 0 Å². The molecule has 0 unspecified atom stereocenters. The molecule has 28 heavy (non-hydrogen) atoms. The van der Waals surface area contributed by atoms with Crippen LogP contribution in [0.5, 0.6) is 0 Å². The Kier molecular flexibility index (Phi) is 5.64. The van der Waals surface area contributed by atoms with Gasteiger partial charge in [0, 0.05) is 24.5 Å². The van der Waals surface area contributed by atoms with E-state index in [1.807, 2.05) is 25.1 Å². The van der Waals surface area contributed by atoms with Gasteiger partial charge in [-0.05, 0) is 48.1 Å². The van der Waals surface area contributed by atoms with Crippen molar-refractivity contribution in [2.75, 3.05) is 13.1 Å². The highest BCUT2D eigenvalue weighted by atomic mass is 32.2. The fourth-order valence-electron chi connectivity index (χ4n) is 3.66. The van der Waals surface area contributed by atoms with Gasteiger partial charge in [0.1, 0.15) is 0 Å². The molecule has 0 saturated carbocycles. The van der Waals surface area contributed by atoms with Crippen LogP contribution in [-0.4, -0.2) is 26.4 Å². The van der Waals surface area contributed by atoms with E-state index in [0.717, 1.165) is 25.1 Å². The number of aryl methyl sites for hydroxylation is 1. The predicted molar refractivity (Wildman–Crippen MR) is 114 cm³/mol. The molecule has 0 fully saturated rings. The zero-order valence-electron chi connectivity index (χ0n) is 15.8. The van der Waals surface area contributed by atoms with Crippen molar-refractivity contribution in [2.45, 2.75) is 30.8 Å². The Balaban J connectivity index is 1.54. The van der Waals surface area contributed by atoms with Gasteiger partial charge in [-0.3, -0.25) is 4.90 Å². The highest BCUT2D eigenvalue weighted by Crippen LogP contribution is 2.30.